The minimum Gasteiger partial charge on any atom is -0.326 e. The van der Waals surface area contributed by atoms with Crippen LogP contribution >= 0.6 is 0 Å². The van der Waals surface area contributed by atoms with Crippen LogP contribution in [-0.4, -0.2) is 36.2 Å². The normalized spacial score (nSPS) is 28.8. The van der Waals surface area contributed by atoms with E-state index in [1.807, 2.05) is 19.1 Å². The molecule has 2 nitrogen and oxygen atoms in total. The first-order chi connectivity index (χ1) is 15.0. The number of hydrogen-bond acceptors (Lipinski definition) is 2. The first kappa shape index (κ1) is 22.0. The van der Waals surface area contributed by atoms with Gasteiger partial charge in [0.1, 0.15) is 12.0 Å². The van der Waals surface area contributed by atoms with E-state index in [-0.39, 0.29) is 11.9 Å². The van der Waals surface area contributed by atoms with Crippen LogP contribution in [0.5, 0.6) is 0 Å². The SMILES string of the molecule is CCC#Cc1ccc(CC2CC(c3ccc(F)cc3)CC2N2CC(N)CC(F)C2)cc1. The zero-order valence-corrected chi connectivity index (χ0v) is 18.2. The monoisotopic (exact) mass is 422 g/mol. The Kier molecular flexibility index (Phi) is 7.05. The molecule has 1 saturated carbocycles. The van der Waals surface area contributed by atoms with Crippen LogP contribution in [0, 0.1) is 23.6 Å². The van der Waals surface area contributed by atoms with E-state index >= 15 is 0 Å². The van der Waals surface area contributed by atoms with Gasteiger partial charge in [-0.3, -0.25) is 4.90 Å². The van der Waals surface area contributed by atoms with Gasteiger partial charge in [-0.15, -0.1) is 0 Å². The summed E-state index contributed by atoms with van der Waals surface area (Å²) >= 11 is 0. The predicted molar refractivity (Wildman–Crippen MR) is 122 cm³/mol. The Labute approximate surface area is 184 Å². The van der Waals surface area contributed by atoms with Gasteiger partial charge in [-0.2, -0.15) is 0 Å². The molecule has 0 spiro atoms. The number of nitrogens with zero attached hydrogens (tertiary/aromatic N) is 1. The fraction of sp³-hybridized carbons (Fsp3) is 0.481. The molecule has 5 unspecified atom stereocenters. The standard InChI is InChI=1S/C27H32F2N2/c1-2-3-4-19-5-7-20(8-6-19)13-23-14-22(21-9-11-24(28)12-10-21)15-27(23)31-17-25(29)16-26(30)18-31/h5-12,22-23,25-27H,2,13-18,30H2,1H3. The van der Waals surface area contributed by atoms with Crippen molar-refractivity contribution < 1.29 is 8.78 Å². The zero-order chi connectivity index (χ0) is 21.8. The van der Waals surface area contributed by atoms with Crippen molar-refractivity contribution in [3.8, 4) is 11.8 Å². The molecule has 2 aromatic carbocycles. The molecule has 31 heavy (non-hydrogen) atoms. The van der Waals surface area contributed by atoms with Crippen molar-refractivity contribution in [1.29, 1.82) is 0 Å². The maximum Gasteiger partial charge on any atom is 0.123 e. The molecule has 4 heteroatoms. The van der Waals surface area contributed by atoms with Gasteiger partial charge in [0, 0.05) is 37.2 Å². The van der Waals surface area contributed by atoms with Gasteiger partial charge in [-0.05, 0) is 72.9 Å². The molecule has 2 fully saturated rings. The van der Waals surface area contributed by atoms with Gasteiger partial charge in [0.05, 0.1) is 0 Å². The minimum atomic E-state index is -0.856. The lowest BCUT2D eigenvalue weighted by atomic mass is 9.91. The second-order valence-corrected chi connectivity index (χ2v) is 9.15. The Morgan fingerprint density at radius 2 is 1.74 bits per heavy atom. The third-order valence-electron chi connectivity index (χ3n) is 6.79. The van der Waals surface area contributed by atoms with Crippen LogP contribution in [0.3, 0.4) is 0 Å². The van der Waals surface area contributed by atoms with Crippen LogP contribution in [0.1, 0.15) is 55.2 Å². The summed E-state index contributed by atoms with van der Waals surface area (Å²) in [6.45, 7) is 3.27. The second-order valence-electron chi connectivity index (χ2n) is 9.15. The molecule has 0 radical (unpaired) electrons. The van der Waals surface area contributed by atoms with Crippen molar-refractivity contribution >= 4 is 0 Å². The van der Waals surface area contributed by atoms with Gasteiger partial charge in [0.15, 0.2) is 0 Å². The van der Waals surface area contributed by atoms with Crippen LogP contribution in [0.4, 0.5) is 8.78 Å². The number of likely N-dealkylation sites (tertiary alicyclic amines) is 1. The molecule has 164 valence electrons. The number of hydrogen-bond donors (Lipinski definition) is 1. The molecule has 1 saturated heterocycles. The molecule has 2 N–H and O–H groups in total. The third kappa shape index (κ3) is 5.53. The summed E-state index contributed by atoms with van der Waals surface area (Å²) in [6.07, 6.45) is 3.39. The zero-order valence-electron chi connectivity index (χ0n) is 18.2. The minimum absolute atomic E-state index is 0.106. The Balaban J connectivity index is 1.53. The molecule has 5 atom stereocenters. The van der Waals surface area contributed by atoms with E-state index in [9.17, 15) is 8.78 Å². The van der Waals surface area contributed by atoms with Crippen LogP contribution in [-0.2, 0) is 6.42 Å². The van der Waals surface area contributed by atoms with Crippen molar-refractivity contribution in [3.05, 3.63) is 71.0 Å². The summed E-state index contributed by atoms with van der Waals surface area (Å²) in [5.41, 5.74) is 9.67. The van der Waals surface area contributed by atoms with Gasteiger partial charge >= 0.3 is 0 Å². The van der Waals surface area contributed by atoms with Gasteiger partial charge in [-0.1, -0.05) is 43.0 Å². The summed E-state index contributed by atoms with van der Waals surface area (Å²) in [4.78, 5) is 2.29. The van der Waals surface area contributed by atoms with E-state index in [0.717, 1.165) is 37.8 Å². The second kappa shape index (κ2) is 9.94. The number of halogens is 2. The summed E-state index contributed by atoms with van der Waals surface area (Å²) in [6, 6.07) is 15.6. The van der Waals surface area contributed by atoms with E-state index < -0.39 is 6.17 Å². The highest BCUT2D eigenvalue weighted by molar-refractivity contribution is 5.36. The van der Waals surface area contributed by atoms with E-state index in [4.69, 9.17) is 5.73 Å². The number of nitrogens with two attached hydrogens (primary N) is 1. The van der Waals surface area contributed by atoms with Crippen LogP contribution in [0.2, 0.25) is 0 Å². The fourth-order valence-electron chi connectivity index (χ4n) is 5.37. The Hall–Kier alpha value is -2.22. The van der Waals surface area contributed by atoms with Crippen molar-refractivity contribution in [2.75, 3.05) is 13.1 Å². The molecule has 2 aliphatic rings. The Morgan fingerprint density at radius 1 is 1.00 bits per heavy atom. The summed E-state index contributed by atoms with van der Waals surface area (Å²) in [7, 11) is 0. The molecule has 2 aromatic rings. The molecule has 0 aromatic heterocycles. The summed E-state index contributed by atoms with van der Waals surface area (Å²) in [5.74, 6) is 6.86. The smallest absolute Gasteiger partial charge is 0.123 e. The molecule has 1 heterocycles. The molecule has 1 aliphatic carbocycles. The molecular weight excluding hydrogens is 390 g/mol. The highest BCUT2D eigenvalue weighted by Gasteiger charge is 2.41. The van der Waals surface area contributed by atoms with Gasteiger partial charge in [0.25, 0.3) is 0 Å². The lowest BCUT2D eigenvalue weighted by Gasteiger charge is -2.39. The highest BCUT2D eigenvalue weighted by atomic mass is 19.1. The van der Waals surface area contributed by atoms with E-state index in [1.165, 1.54) is 11.1 Å². The maximum absolute atomic E-state index is 14.3. The summed E-state index contributed by atoms with van der Waals surface area (Å²) in [5, 5.41) is 0. The van der Waals surface area contributed by atoms with E-state index in [0.29, 0.717) is 30.8 Å². The fourth-order valence-corrected chi connectivity index (χ4v) is 5.37. The lowest BCUT2D eigenvalue weighted by Crippen LogP contribution is -2.53. The molecule has 4 rings (SSSR count). The number of rotatable bonds is 4. The third-order valence-corrected chi connectivity index (χ3v) is 6.79. The Morgan fingerprint density at radius 3 is 2.42 bits per heavy atom. The highest BCUT2D eigenvalue weighted by Crippen LogP contribution is 2.43. The number of piperidine rings is 1. The molecule has 0 bridgehead atoms. The maximum atomic E-state index is 14.3. The number of benzene rings is 2. The topological polar surface area (TPSA) is 29.3 Å². The van der Waals surface area contributed by atoms with Crippen LogP contribution in [0.25, 0.3) is 0 Å². The van der Waals surface area contributed by atoms with Crippen molar-refractivity contribution in [2.24, 2.45) is 11.7 Å². The van der Waals surface area contributed by atoms with E-state index in [1.54, 1.807) is 12.1 Å². The van der Waals surface area contributed by atoms with Gasteiger partial charge in [-0.25, -0.2) is 8.78 Å². The summed E-state index contributed by atoms with van der Waals surface area (Å²) < 4.78 is 27.8. The quantitative estimate of drug-likeness (QED) is 0.698. The average molecular weight is 423 g/mol. The first-order valence-corrected chi connectivity index (χ1v) is 11.5. The first-order valence-electron chi connectivity index (χ1n) is 11.5. The molecule has 1 aliphatic heterocycles. The Bertz CT molecular complexity index is 903. The van der Waals surface area contributed by atoms with E-state index in [2.05, 4.69) is 41.0 Å². The lowest BCUT2D eigenvalue weighted by molar-refractivity contribution is 0.0693. The van der Waals surface area contributed by atoms with Crippen molar-refractivity contribution in [3.63, 3.8) is 0 Å². The van der Waals surface area contributed by atoms with Crippen LogP contribution in [0.15, 0.2) is 48.5 Å². The largest absolute Gasteiger partial charge is 0.326 e. The van der Waals surface area contributed by atoms with Crippen LogP contribution < -0.4 is 5.73 Å². The average Bonchev–Trinajstić information content (AvgIpc) is 3.17. The van der Waals surface area contributed by atoms with Crippen molar-refractivity contribution in [1.82, 2.24) is 4.90 Å². The van der Waals surface area contributed by atoms with Gasteiger partial charge < -0.3 is 5.73 Å². The molecular formula is C27H32F2N2. The predicted octanol–water partition coefficient (Wildman–Crippen LogP) is 5.06. The molecule has 0 amide bonds. The van der Waals surface area contributed by atoms with Crippen molar-refractivity contribution in [2.45, 2.75) is 63.2 Å². The van der Waals surface area contributed by atoms with Gasteiger partial charge in [0.2, 0.25) is 0 Å². The number of alkyl halides is 1.